The molecule has 3 aromatic carbocycles. The number of nitrogens with one attached hydrogen (secondary N) is 3. The summed E-state index contributed by atoms with van der Waals surface area (Å²) >= 11 is 5.31. The number of H-pyrrole nitrogens is 1. The number of carbonyl (C=O) groups excluding carboxylic acids is 1. The minimum atomic E-state index is -0.282. The van der Waals surface area contributed by atoms with Gasteiger partial charge in [-0.1, -0.05) is 30.3 Å². The first-order valence-corrected chi connectivity index (χ1v) is 9.35. The normalized spacial score (nSPS) is 10.5. The maximum absolute atomic E-state index is 12.3. The number of fused-ring (bicyclic) bond motifs is 1. The topological polar surface area (TPSA) is 79.0 Å². The fraction of sp³-hybridized carbons (Fsp3) is 0.0455. The highest BCUT2D eigenvalue weighted by Gasteiger charge is 2.12. The lowest BCUT2D eigenvalue weighted by atomic mass is 10.1. The van der Waals surface area contributed by atoms with Crippen molar-refractivity contribution in [3.8, 4) is 17.1 Å². The highest BCUT2D eigenvalue weighted by molar-refractivity contribution is 7.80. The molecule has 1 amide bonds. The zero-order valence-corrected chi connectivity index (χ0v) is 16.4. The zero-order chi connectivity index (χ0) is 20.2. The Bertz CT molecular complexity index is 1150. The van der Waals surface area contributed by atoms with Crippen molar-refractivity contribution >= 4 is 40.0 Å². The molecule has 0 aliphatic carbocycles. The Labute approximate surface area is 172 Å². The lowest BCUT2D eigenvalue weighted by molar-refractivity contribution is 0.0977. The van der Waals surface area contributed by atoms with Crippen molar-refractivity contribution in [2.45, 2.75) is 0 Å². The first-order valence-electron chi connectivity index (χ1n) is 8.94. The van der Waals surface area contributed by atoms with Gasteiger partial charge in [-0.25, -0.2) is 4.98 Å². The smallest absolute Gasteiger partial charge is 0.257 e. The standard InChI is InChI=1S/C22H18N4O2S/c1-28-19-12-11-15(20-23-16-9-5-6-10-17(16)24-20)13-18(19)25-22(29)26-21(27)14-7-3-2-4-8-14/h2-13H,1H3,(H,23,24)(H2,25,26,27,29). The number of aromatic nitrogens is 2. The van der Waals surface area contributed by atoms with E-state index in [2.05, 4.69) is 20.6 Å². The number of ether oxygens (including phenoxy) is 1. The number of rotatable bonds is 4. The van der Waals surface area contributed by atoms with Gasteiger partial charge in [0, 0.05) is 11.1 Å². The Morgan fingerprint density at radius 1 is 1.03 bits per heavy atom. The molecule has 29 heavy (non-hydrogen) atoms. The molecule has 1 heterocycles. The molecule has 0 fully saturated rings. The minimum Gasteiger partial charge on any atom is -0.495 e. The second-order valence-corrected chi connectivity index (χ2v) is 6.70. The number of imidazole rings is 1. The zero-order valence-electron chi connectivity index (χ0n) is 15.6. The van der Waals surface area contributed by atoms with Gasteiger partial charge >= 0.3 is 0 Å². The Hall–Kier alpha value is -3.71. The largest absolute Gasteiger partial charge is 0.495 e. The molecule has 144 valence electrons. The molecule has 4 rings (SSSR count). The summed E-state index contributed by atoms with van der Waals surface area (Å²) < 4.78 is 5.42. The molecule has 4 aromatic rings. The molecule has 0 spiro atoms. The maximum atomic E-state index is 12.3. The number of hydrogen-bond acceptors (Lipinski definition) is 4. The number of carbonyl (C=O) groups is 1. The third kappa shape index (κ3) is 4.09. The lowest BCUT2D eigenvalue weighted by Gasteiger charge is -2.14. The van der Waals surface area contributed by atoms with Crippen LogP contribution in [0.2, 0.25) is 0 Å². The van der Waals surface area contributed by atoms with Crippen molar-refractivity contribution in [1.29, 1.82) is 0 Å². The molecular formula is C22H18N4O2S. The molecule has 6 nitrogen and oxygen atoms in total. The molecule has 0 bridgehead atoms. The van der Waals surface area contributed by atoms with Gasteiger partial charge in [-0.05, 0) is 54.7 Å². The Morgan fingerprint density at radius 2 is 1.79 bits per heavy atom. The number of methoxy groups -OCH3 is 1. The van der Waals surface area contributed by atoms with Gasteiger partial charge in [0.2, 0.25) is 0 Å². The summed E-state index contributed by atoms with van der Waals surface area (Å²) in [7, 11) is 1.58. The van der Waals surface area contributed by atoms with Gasteiger partial charge in [-0.3, -0.25) is 10.1 Å². The fourth-order valence-electron chi connectivity index (χ4n) is 2.96. The summed E-state index contributed by atoms with van der Waals surface area (Å²) in [4.78, 5) is 20.2. The van der Waals surface area contributed by atoms with Crippen molar-refractivity contribution in [2.24, 2.45) is 0 Å². The number of nitrogens with zero attached hydrogens (tertiary/aromatic N) is 1. The number of anilines is 1. The second kappa shape index (κ2) is 8.12. The molecule has 0 unspecified atom stereocenters. The molecular weight excluding hydrogens is 384 g/mol. The van der Waals surface area contributed by atoms with Gasteiger partial charge in [0.1, 0.15) is 11.6 Å². The number of amides is 1. The van der Waals surface area contributed by atoms with E-state index in [4.69, 9.17) is 17.0 Å². The predicted octanol–water partition coefficient (Wildman–Crippen LogP) is 4.37. The van der Waals surface area contributed by atoms with Gasteiger partial charge in [0.15, 0.2) is 5.11 Å². The van der Waals surface area contributed by atoms with Crippen molar-refractivity contribution in [1.82, 2.24) is 15.3 Å². The quantitative estimate of drug-likeness (QED) is 0.442. The van der Waals surface area contributed by atoms with Crippen molar-refractivity contribution in [2.75, 3.05) is 12.4 Å². The summed E-state index contributed by atoms with van der Waals surface area (Å²) in [5.41, 5.74) is 3.86. The van der Waals surface area contributed by atoms with Crippen molar-refractivity contribution in [3.63, 3.8) is 0 Å². The Morgan fingerprint density at radius 3 is 2.55 bits per heavy atom. The van der Waals surface area contributed by atoms with Gasteiger partial charge in [0.05, 0.1) is 23.8 Å². The number of para-hydroxylation sites is 2. The van der Waals surface area contributed by atoms with E-state index in [1.165, 1.54) is 0 Å². The first kappa shape index (κ1) is 18.6. The molecule has 7 heteroatoms. The molecule has 0 saturated heterocycles. The third-order valence-corrected chi connectivity index (χ3v) is 4.58. The fourth-order valence-corrected chi connectivity index (χ4v) is 3.16. The van der Waals surface area contributed by atoms with E-state index in [1.807, 2.05) is 48.5 Å². The first-order chi connectivity index (χ1) is 14.1. The van der Waals surface area contributed by atoms with Gasteiger partial charge in [-0.15, -0.1) is 0 Å². The van der Waals surface area contributed by atoms with E-state index >= 15 is 0 Å². The lowest BCUT2D eigenvalue weighted by Crippen LogP contribution is -2.34. The SMILES string of the molecule is COc1ccc(-c2nc3ccccc3[nH]2)cc1NC(=S)NC(=O)c1ccccc1. The van der Waals surface area contributed by atoms with Crippen LogP contribution in [-0.4, -0.2) is 28.1 Å². The number of hydrogen-bond donors (Lipinski definition) is 3. The van der Waals surface area contributed by atoms with Crippen LogP contribution in [0.15, 0.2) is 72.8 Å². The summed E-state index contributed by atoms with van der Waals surface area (Å²) in [5, 5.41) is 5.90. The van der Waals surface area contributed by atoms with Crippen LogP contribution in [0.5, 0.6) is 5.75 Å². The maximum Gasteiger partial charge on any atom is 0.257 e. The molecule has 0 radical (unpaired) electrons. The number of thiocarbonyl (C=S) groups is 1. The summed E-state index contributed by atoms with van der Waals surface area (Å²) in [6, 6.07) is 22.3. The van der Waals surface area contributed by atoms with Crippen LogP contribution in [0, 0.1) is 0 Å². The van der Waals surface area contributed by atoms with E-state index in [9.17, 15) is 4.79 Å². The summed E-state index contributed by atoms with van der Waals surface area (Å²) in [6.45, 7) is 0. The Kier molecular flexibility index (Phi) is 5.22. The molecule has 0 atom stereocenters. The number of benzene rings is 3. The molecule has 0 saturated carbocycles. The van der Waals surface area contributed by atoms with Crippen LogP contribution in [0.1, 0.15) is 10.4 Å². The summed E-state index contributed by atoms with van der Waals surface area (Å²) in [5.74, 6) is 1.05. The van der Waals surface area contributed by atoms with E-state index < -0.39 is 0 Å². The second-order valence-electron chi connectivity index (χ2n) is 6.29. The molecule has 0 aliphatic heterocycles. The van der Waals surface area contributed by atoms with Gasteiger partial charge < -0.3 is 15.0 Å². The average Bonchev–Trinajstić information content (AvgIpc) is 3.18. The molecule has 1 aromatic heterocycles. The van der Waals surface area contributed by atoms with Crippen LogP contribution >= 0.6 is 12.2 Å². The highest BCUT2D eigenvalue weighted by Crippen LogP contribution is 2.30. The van der Waals surface area contributed by atoms with Crippen molar-refractivity contribution < 1.29 is 9.53 Å². The van der Waals surface area contributed by atoms with E-state index in [0.717, 1.165) is 22.4 Å². The van der Waals surface area contributed by atoms with E-state index in [-0.39, 0.29) is 11.0 Å². The molecule has 3 N–H and O–H groups in total. The highest BCUT2D eigenvalue weighted by atomic mass is 32.1. The molecule has 0 aliphatic rings. The van der Waals surface area contributed by atoms with Crippen molar-refractivity contribution in [3.05, 3.63) is 78.4 Å². The minimum absolute atomic E-state index is 0.180. The van der Waals surface area contributed by atoms with Crippen LogP contribution in [-0.2, 0) is 0 Å². The van der Waals surface area contributed by atoms with E-state index in [0.29, 0.717) is 17.0 Å². The third-order valence-electron chi connectivity index (χ3n) is 4.37. The van der Waals surface area contributed by atoms with E-state index in [1.54, 1.807) is 31.4 Å². The van der Waals surface area contributed by atoms with Crippen LogP contribution in [0.25, 0.3) is 22.4 Å². The monoisotopic (exact) mass is 402 g/mol. The Balaban J connectivity index is 1.57. The van der Waals surface area contributed by atoms with Gasteiger partial charge in [0.25, 0.3) is 5.91 Å². The van der Waals surface area contributed by atoms with Crippen LogP contribution in [0.3, 0.4) is 0 Å². The van der Waals surface area contributed by atoms with Crippen LogP contribution in [0.4, 0.5) is 5.69 Å². The average molecular weight is 402 g/mol. The van der Waals surface area contributed by atoms with Gasteiger partial charge in [-0.2, -0.15) is 0 Å². The van der Waals surface area contributed by atoms with Crippen LogP contribution < -0.4 is 15.4 Å². The number of aromatic amines is 1. The summed E-state index contributed by atoms with van der Waals surface area (Å²) in [6.07, 6.45) is 0. The predicted molar refractivity (Wildman–Crippen MR) is 118 cm³/mol.